The van der Waals surface area contributed by atoms with Gasteiger partial charge in [-0.15, -0.1) is 11.8 Å². The molecule has 0 atom stereocenters. The van der Waals surface area contributed by atoms with Crippen molar-refractivity contribution < 1.29 is 9.53 Å². The lowest BCUT2D eigenvalue weighted by Crippen LogP contribution is -2.04. The third kappa shape index (κ3) is 2.96. The van der Waals surface area contributed by atoms with E-state index in [0.717, 1.165) is 16.8 Å². The van der Waals surface area contributed by atoms with Gasteiger partial charge in [0.1, 0.15) is 6.61 Å². The summed E-state index contributed by atoms with van der Waals surface area (Å²) in [5.41, 5.74) is 3.09. The summed E-state index contributed by atoms with van der Waals surface area (Å²) in [7, 11) is 0. The quantitative estimate of drug-likeness (QED) is 0.585. The monoisotopic (exact) mass is 225 g/mol. The first-order valence-corrected chi connectivity index (χ1v) is 5.91. The standard InChI is InChI=1S/C11H15NO2S/c1-7-5-12-10(6-14-9(3)13)8(2)11(7)15-4/h5H,6H2,1-4H3. The van der Waals surface area contributed by atoms with Crippen molar-refractivity contribution in [1.29, 1.82) is 0 Å². The largest absolute Gasteiger partial charge is 0.459 e. The second-order valence-corrected chi connectivity index (χ2v) is 4.14. The summed E-state index contributed by atoms with van der Waals surface area (Å²) in [4.78, 5) is 16.2. The SMILES string of the molecule is CSc1c(C)cnc(COC(C)=O)c1C. The van der Waals surface area contributed by atoms with Gasteiger partial charge in [0.25, 0.3) is 0 Å². The number of aromatic nitrogens is 1. The zero-order chi connectivity index (χ0) is 11.4. The van der Waals surface area contributed by atoms with Crippen LogP contribution in [0.2, 0.25) is 0 Å². The molecule has 0 aromatic carbocycles. The molecule has 0 bridgehead atoms. The van der Waals surface area contributed by atoms with Crippen molar-refractivity contribution in [3.8, 4) is 0 Å². The van der Waals surface area contributed by atoms with Gasteiger partial charge in [-0.3, -0.25) is 9.78 Å². The van der Waals surface area contributed by atoms with Crippen LogP contribution in [0.4, 0.5) is 0 Å². The molecule has 0 unspecified atom stereocenters. The van der Waals surface area contributed by atoms with Crippen LogP contribution in [-0.2, 0) is 16.1 Å². The summed E-state index contributed by atoms with van der Waals surface area (Å²) < 4.78 is 4.94. The lowest BCUT2D eigenvalue weighted by atomic mass is 10.2. The van der Waals surface area contributed by atoms with Crippen LogP contribution >= 0.6 is 11.8 Å². The average molecular weight is 225 g/mol. The number of carbonyl (C=O) groups is 1. The number of ether oxygens (including phenoxy) is 1. The first kappa shape index (κ1) is 12.0. The third-order valence-electron chi connectivity index (χ3n) is 2.16. The van der Waals surface area contributed by atoms with Crippen molar-refractivity contribution in [2.45, 2.75) is 32.3 Å². The van der Waals surface area contributed by atoms with E-state index < -0.39 is 0 Å². The summed E-state index contributed by atoms with van der Waals surface area (Å²) in [6.07, 6.45) is 3.85. The molecule has 0 aliphatic heterocycles. The lowest BCUT2D eigenvalue weighted by molar-refractivity contribution is -0.142. The molecule has 0 N–H and O–H groups in total. The molecule has 0 amide bonds. The first-order chi connectivity index (χ1) is 7.06. The van der Waals surface area contributed by atoms with Crippen molar-refractivity contribution in [3.05, 3.63) is 23.0 Å². The number of esters is 1. The Kier molecular flexibility index (Phi) is 4.15. The highest BCUT2D eigenvalue weighted by atomic mass is 32.2. The van der Waals surface area contributed by atoms with Gasteiger partial charge in [0, 0.05) is 18.0 Å². The smallest absolute Gasteiger partial charge is 0.303 e. The molecule has 4 heteroatoms. The maximum Gasteiger partial charge on any atom is 0.303 e. The maximum absolute atomic E-state index is 10.7. The molecule has 0 aliphatic carbocycles. The molecule has 82 valence electrons. The van der Waals surface area contributed by atoms with E-state index in [2.05, 4.69) is 4.98 Å². The van der Waals surface area contributed by atoms with Crippen molar-refractivity contribution in [2.24, 2.45) is 0 Å². The molecule has 0 saturated carbocycles. The van der Waals surface area contributed by atoms with Crippen molar-refractivity contribution in [1.82, 2.24) is 4.98 Å². The zero-order valence-electron chi connectivity index (χ0n) is 9.46. The van der Waals surface area contributed by atoms with Crippen LogP contribution in [0.5, 0.6) is 0 Å². The first-order valence-electron chi connectivity index (χ1n) is 4.68. The number of carbonyl (C=O) groups excluding carboxylic acids is 1. The molecule has 0 radical (unpaired) electrons. The minimum absolute atomic E-state index is 0.259. The summed E-state index contributed by atoms with van der Waals surface area (Å²) in [6, 6.07) is 0. The summed E-state index contributed by atoms with van der Waals surface area (Å²) in [5, 5.41) is 0. The Labute approximate surface area is 94.2 Å². The Morgan fingerprint density at radius 2 is 2.20 bits per heavy atom. The molecule has 0 fully saturated rings. The Balaban J connectivity index is 2.94. The van der Waals surface area contributed by atoms with E-state index in [9.17, 15) is 4.79 Å². The van der Waals surface area contributed by atoms with Crippen molar-refractivity contribution in [2.75, 3.05) is 6.26 Å². The van der Waals surface area contributed by atoms with Gasteiger partial charge in [0.05, 0.1) is 5.69 Å². The molecule has 1 aromatic rings. The van der Waals surface area contributed by atoms with Crippen LogP contribution in [0.15, 0.2) is 11.1 Å². The Hall–Kier alpha value is -1.03. The zero-order valence-corrected chi connectivity index (χ0v) is 10.3. The van der Waals surface area contributed by atoms with E-state index in [4.69, 9.17) is 4.74 Å². The second kappa shape index (κ2) is 5.16. The van der Waals surface area contributed by atoms with Crippen molar-refractivity contribution in [3.63, 3.8) is 0 Å². The number of rotatable bonds is 3. The fraction of sp³-hybridized carbons (Fsp3) is 0.455. The topological polar surface area (TPSA) is 39.2 Å². The molecule has 1 rings (SSSR count). The molecular weight excluding hydrogens is 210 g/mol. The number of aryl methyl sites for hydroxylation is 1. The maximum atomic E-state index is 10.7. The highest BCUT2D eigenvalue weighted by Gasteiger charge is 2.08. The normalized spacial score (nSPS) is 10.1. The van der Waals surface area contributed by atoms with Gasteiger partial charge in [0.15, 0.2) is 0 Å². The average Bonchev–Trinajstić information content (AvgIpc) is 2.17. The number of pyridine rings is 1. The molecule has 1 heterocycles. The summed E-state index contributed by atoms with van der Waals surface area (Å²) in [5.74, 6) is -0.275. The van der Waals surface area contributed by atoms with Gasteiger partial charge in [-0.1, -0.05) is 0 Å². The molecule has 0 spiro atoms. The van der Waals surface area contributed by atoms with Crippen LogP contribution < -0.4 is 0 Å². The van der Waals surface area contributed by atoms with Gasteiger partial charge in [-0.05, 0) is 31.2 Å². The van der Waals surface area contributed by atoms with E-state index >= 15 is 0 Å². The van der Waals surface area contributed by atoms with E-state index in [1.54, 1.807) is 11.8 Å². The van der Waals surface area contributed by atoms with E-state index in [0.29, 0.717) is 0 Å². The van der Waals surface area contributed by atoms with Crippen LogP contribution in [0.3, 0.4) is 0 Å². The fourth-order valence-corrected chi connectivity index (χ4v) is 2.19. The number of thioether (sulfide) groups is 1. The third-order valence-corrected chi connectivity index (χ3v) is 3.20. The molecule has 0 aliphatic rings. The number of hydrogen-bond acceptors (Lipinski definition) is 4. The van der Waals surface area contributed by atoms with Crippen LogP contribution in [0.25, 0.3) is 0 Å². The van der Waals surface area contributed by atoms with E-state index in [1.165, 1.54) is 11.8 Å². The predicted molar refractivity (Wildman–Crippen MR) is 61.0 cm³/mol. The van der Waals surface area contributed by atoms with Gasteiger partial charge in [0.2, 0.25) is 0 Å². The highest BCUT2D eigenvalue weighted by Crippen LogP contribution is 2.25. The second-order valence-electron chi connectivity index (χ2n) is 3.33. The minimum Gasteiger partial charge on any atom is -0.459 e. The highest BCUT2D eigenvalue weighted by molar-refractivity contribution is 7.98. The van der Waals surface area contributed by atoms with Crippen LogP contribution in [0.1, 0.15) is 23.7 Å². The van der Waals surface area contributed by atoms with Crippen LogP contribution in [0, 0.1) is 13.8 Å². The Morgan fingerprint density at radius 3 is 2.73 bits per heavy atom. The van der Waals surface area contributed by atoms with Gasteiger partial charge in [-0.2, -0.15) is 0 Å². The Bertz CT molecular complexity index is 377. The molecule has 1 aromatic heterocycles. The molecule has 3 nitrogen and oxygen atoms in total. The van der Waals surface area contributed by atoms with Gasteiger partial charge in [-0.25, -0.2) is 0 Å². The minimum atomic E-state index is -0.275. The summed E-state index contributed by atoms with van der Waals surface area (Å²) >= 11 is 1.69. The van der Waals surface area contributed by atoms with Gasteiger partial charge < -0.3 is 4.74 Å². The number of hydrogen-bond donors (Lipinski definition) is 0. The van der Waals surface area contributed by atoms with Crippen molar-refractivity contribution >= 4 is 17.7 Å². The summed E-state index contributed by atoms with van der Waals surface area (Å²) in [6.45, 7) is 5.69. The molecule has 15 heavy (non-hydrogen) atoms. The number of nitrogens with zero attached hydrogens (tertiary/aromatic N) is 1. The predicted octanol–water partition coefficient (Wildman–Crippen LogP) is 2.48. The van der Waals surface area contributed by atoms with Gasteiger partial charge >= 0.3 is 5.97 Å². The Morgan fingerprint density at radius 1 is 1.53 bits per heavy atom. The lowest BCUT2D eigenvalue weighted by Gasteiger charge is -2.11. The molecular formula is C11H15NO2S. The van der Waals surface area contributed by atoms with E-state index in [1.807, 2.05) is 26.3 Å². The van der Waals surface area contributed by atoms with E-state index in [-0.39, 0.29) is 12.6 Å². The van der Waals surface area contributed by atoms with Crippen LogP contribution in [-0.4, -0.2) is 17.2 Å². The molecule has 0 saturated heterocycles. The fourth-order valence-electron chi connectivity index (χ4n) is 1.39.